The molecule has 1 rings (SSSR count). The molecule has 0 aromatic heterocycles. The lowest BCUT2D eigenvalue weighted by molar-refractivity contribution is -0.135. The first-order valence-corrected chi connectivity index (χ1v) is 15.1. The van der Waals surface area contributed by atoms with Gasteiger partial charge in [0.15, 0.2) is 5.96 Å². The topological polar surface area (TPSA) is 270 Å². The Hall–Kier alpha value is -4.24. The number of nitrogens with zero attached hydrogens (tertiary/aromatic N) is 1. The van der Waals surface area contributed by atoms with Crippen molar-refractivity contribution >= 4 is 35.5 Å². The predicted octanol–water partition coefficient (Wildman–Crippen LogP) is -1.88. The zero-order valence-electron chi connectivity index (χ0n) is 26.6. The molecule has 0 aliphatic rings. The molecule has 0 unspecified atom stereocenters. The van der Waals surface area contributed by atoms with Crippen molar-refractivity contribution in [2.24, 2.45) is 39.8 Å². The van der Waals surface area contributed by atoms with E-state index in [0.717, 1.165) is 5.56 Å². The van der Waals surface area contributed by atoms with Gasteiger partial charge in [-0.25, -0.2) is 0 Å². The molecule has 0 saturated carbocycles. The summed E-state index contributed by atoms with van der Waals surface area (Å²) in [6, 6.07) is 3.49. The van der Waals surface area contributed by atoms with Crippen LogP contribution in [-0.4, -0.2) is 84.0 Å². The van der Waals surface area contributed by atoms with Crippen LogP contribution < -0.4 is 44.2 Å². The number of guanidine groups is 1. The first kappa shape index (κ1) is 38.8. The van der Waals surface area contributed by atoms with Gasteiger partial charge in [0, 0.05) is 13.0 Å². The van der Waals surface area contributed by atoms with Gasteiger partial charge in [0.05, 0.1) is 6.61 Å². The molecule has 45 heavy (non-hydrogen) atoms. The Labute approximate surface area is 264 Å². The van der Waals surface area contributed by atoms with Gasteiger partial charge in [-0.1, -0.05) is 58.0 Å². The van der Waals surface area contributed by atoms with Crippen molar-refractivity contribution < 1.29 is 29.1 Å². The summed E-state index contributed by atoms with van der Waals surface area (Å²) in [6.07, 6.45) is 1.12. The quantitative estimate of drug-likeness (QED) is 0.0441. The third kappa shape index (κ3) is 15.4. The minimum absolute atomic E-state index is 0.0192. The SMILES string of the molecule is CC(C)C[C@H](NC(=O)[C@H](CC(C)C)NC(=O)[C@@H](Cc1ccccc1)NC(=O)[C@@H](N)CO)C(=O)N[C@@H](CCCN=C(N)N)C(N)=O. The van der Waals surface area contributed by atoms with Gasteiger partial charge in [0.2, 0.25) is 29.5 Å². The monoisotopic (exact) mass is 633 g/mol. The summed E-state index contributed by atoms with van der Waals surface area (Å²) in [5.74, 6) is -3.49. The molecular formula is C30H51N9O6. The molecule has 15 nitrogen and oxygen atoms in total. The van der Waals surface area contributed by atoms with Crippen molar-refractivity contribution in [1.29, 1.82) is 0 Å². The van der Waals surface area contributed by atoms with E-state index in [1.165, 1.54) is 0 Å². The van der Waals surface area contributed by atoms with E-state index in [-0.39, 0.29) is 50.0 Å². The lowest BCUT2D eigenvalue weighted by Gasteiger charge is -2.28. The van der Waals surface area contributed by atoms with E-state index in [9.17, 15) is 29.1 Å². The number of amides is 5. The molecule has 0 saturated heterocycles. The minimum atomic E-state index is -1.24. The molecule has 252 valence electrons. The first-order valence-electron chi connectivity index (χ1n) is 15.1. The van der Waals surface area contributed by atoms with Crippen LogP contribution in [0.1, 0.15) is 58.9 Å². The molecular weight excluding hydrogens is 582 g/mol. The molecule has 0 bridgehead atoms. The molecule has 0 fully saturated rings. The van der Waals surface area contributed by atoms with Crippen LogP contribution in [0.15, 0.2) is 35.3 Å². The van der Waals surface area contributed by atoms with Gasteiger partial charge >= 0.3 is 0 Å². The number of hydrogen-bond acceptors (Lipinski definition) is 8. The fourth-order valence-corrected chi connectivity index (χ4v) is 4.43. The van der Waals surface area contributed by atoms with Crippen LogP contribution in [-0.2, 0) is 30.4 Å². The summed E-state index contributed by atoms with van der Waals surface area (Å²) in [4.78, 5) is 68.8. The van der Waals surface area contributed by atoms with Crippen molar-refractivity contribution in [2.45, 2.75) is 90.0 Å². The van der Waals surface area contributed by atoms with Gasteiger partial charge in [0.1, 0.15) is 30.2 Å². The van der Waals surface area contributed by atoms with Crippen LogP contribution in [0.5, 0.6) is 0 Å². The molecule has 1 aromatic carbocycles. The highest BCUT2D eigenvalue weighted by molar-refractivity contribution is 5.95. The lowest BCUT2D eigenvalue weighted by Crippen LogP contribution is -2.59. The minimum Gasteiger partial charge on any atom is -0.394 e. The number of aliphatic hydroxyl groups excluding tert-OH is 1. The Balaban J connectivity index is 3.15. The number of nitrogens with one attached hydrogen (secondary N) is 4. The fourth-order valence-electron chi connectivity index (χ4n) is 4.43. The second-order valence-corrected chi connectivity index (χ2v) is 11.8. The van der Waals surface area contributed by atoms with Crippen molar-refractivity contribution in [3.05, 3.63) is 35.9 Å². The van der Waals surface area contributed by atoms with E-state index in [0.29, 0.717) is 6.42 Å². The number of benzene rings is 1. The molecule has 0 aliphatic carbocycles. The highest BCUT2D eigenvalue weighted by Crippen LogP contribution is 2.11. The third-order valence-corrected chi connectivity index (χ3v) is 6.73. The fraction of sp³-hybridized carbons (Fsp3) is 0.600. The van der Waals surface area contributed by atoms with Crippen LogP contribution in [0.25, 0.3) is 0 Å². The maximum absolute atomic E-state index is 13.6. The second kappa shape index (κ2) is 19.9. The van der Waals surface area contributed by atoms with Crippen molar-refractivity contribution in [3.8, 4) is 0 Å². The number of hydrogen-bond donors (Lipinski definition) is 9. The Bertz CT molecular complexity index is 1140. The molecule has 0 spiro atoms. The first-order chi connectivity index (χ1) is 21.1. The Morgan fingerprint density at radius 1 is 0.733 bits per heavy atom. The molecule has 0 radical (unpaired) electrons. The largest absolute Gasteiger partial charge is 0.394 e. The molecule has 5 amide bonds. The van der Waals surface area contributed by atoms with Gasteiger partial charge in [-0.2, -0.15) is 0 Å². The van der Waals surface area contributed by atoms with Crippen molar-refractivity contribution in [3.63, 3.8) is 0 Å². The summed E-state index contributed by atoms with van der Waals surface area (Å²) < 4.78 is 0. The number of aliphatic hydroxyl groups is 1. The van der Waals surface area contributed by atoms with Gasteiger partial charge < -0.3 is 49.3 Å². The normalized spacial score (nSPS) is 14.4. The van der Waals surface area contributed by atoms with Crippen LogP contribution in [0.4, 0.5) is 0 Å². The number of aliphatic imine (C=N–C) groups is 1. The number of carbonyl (C=O) groups is 5. The van der Waals surface area contributed by atoms with Gasteiger partial charge in [-0.3, -0.25) is 29.0 Å². The average molecular weight is 634 g/mol. The highest BCUT2D eigenvalue weighted by Gasteiger charge is 2.32. The number of primary amides is 1. The molecule has 15 heteroatoms. The van der Waals surface area contributed by atoms with Gasteiger partial charge in [-0.15, -0.1) is 0 Å². The lowest BCUT2D eigenvalue weighted by atomic mass is 9.98. The number of carbonyl (C=O) groups excluding carboxylic acids is 5. The molecule has 1 aromatic rings. The summed E-state index contributed by atoms with van der Waals surface area (Å²) in [5.41, 5.74) is 22.6. The van der Waals surface area contributed by atoms with E-state index in [2.05, 4.69) is 26.3 Å². The zero-order valence-corrected chi connectivity index (χ0v) is 26.6. The van der Waals surface area contributed by atoms with E-state index in [1.807, 2.05) is 33.8 Å². The average Bonchev–Trinajstić information content (AvgIpc) is 2.96. The molecule has 0 aliphatic heterocycles. The molecule has 0 heterocycles. The number of nitrogens with two attached hydrogens (primary N) is 4. The summed E-state index contributed by atoms with van der Waals surface area (Å²) in [7, 11) is 0. The maximum Gasteiger partial charge on any atom is 0.243 e. The van der Waals surface area contributed by atoms with E-state index in [4.69, 9.17) is 22.9 Å². The molecule has 13 N–H and O–H groups in total. The maximum atomic E-state index is 13.6. The van der Waals surface area contributed by atoms with E-state index < -0.39 is 66.4 Å². The van der Waals surface area contributed by atoms with Crippen LogP contribution >= 0.6 is 0 Å². The molecule has 5 atom stereocenters. The van der Waals surface area contributed by atoms with Crippen molar-refractivity contribution in [1.82, 2.24) is 21.3 Å². The summed E-state index contributed by atoms with van der Waals surface area (Å²) >= 11 is 0. The van der Waals surface area contributed by atoms with E-state index in [1.54, 1.807) is 24.3 Å². The Kier molecular flexibility index (Phi) is 17.2. The standard InChI is InChI=1S/C30H51N9O6/c1-17(2)13-22(27(43)36-21(25(32)41)11-8-12-35-30(33)34)38-28(44)23(14-18(3)4)39-29(45)24(37-26(42)20(31)16-40)15-19-9-6-5-7-10-19/h5-7,9-10,17-18,20-24,40H,8,11-16,31H2,1-4H3,(H2,32,41)(H,36,43)(H,37,42)(H,38,44)(H,39,45)(H4,33,34,35)/t20-,21-,22-,23-,24+/m0/s1. The third-order valence-electron chi connectivity index (χ3n) is 6.73. The van der Waals surface area contributed by atoms with Crippen LogP contribution in [0, 0.1) is 11.8 Å². The van der Waals surface area contributed by atoms with E-state index >= 15 is 0 Å². The van der Waals surface area contributed by atoms with Crippen LogP contribution in [0.2, 0.25) is 0 Å². The van der Waals surface area contributed by atoms with Gasteiger partial charge in [-0.05, 0) is 43.1 Å². The predicted molar refractivity (Wildman–Crippen MR) is 171 cm³/mol. The number of rotatable bonds is 20. The highest BCUT2D eigenvalue weighted by atomic mass is 16.3. The second-order valence-electron chi connectivity index (χ2n) is 11.8. The Morgan fingerprint density at radius 2 is 1.20 bits per heavy atom. The zero-order chi connectivity index (χ0) is 34.1. The van der Waals surface area contributed by atoms with Gasteiger partial charge in [0.25, 0.3) is 0 Å². The van der Waals surface area contributed by atoms with Crippen molar-refractivity contribution in [2.75, 3.05) is 13.2 Å². The smallest absolute Gasteiger partial charge is 0.243 e. The Morgan fingerprint density at radius 3 is 1.64 bits per heavy atom. The summed E-state index contributed by atoms with van der Waals surface area (Å²) in [6.45, 7) is 7.10. The summed E-state index contributed by atoms with van der Waals surface area (Å²) in [5, 5.41) is 19.9. The van der Waals surface area contributed by atoms with Crippen LogP contribution in [0.3, 0.4) is 0 Å².